The minimum atomic E-state index is -0.0437. The van der Waals surface area contributed by atoms with Crippen LogP contribution in [0.2, 0.25) is 0 Å². The van der Waals surface area contributed by atoms with E-state index in [1.54, 1.807) is 7.05 Å². The van der Waals surface area contributed by atoms with Gasteiger partial charge in [-0.1, -0.05) is 37.3 Å². The highest BCUT2D eigenvalue weighted by molar-refractivity contribution is 5.86. The summed E-state index contributed by atoms with van der Waals surface area (Å²) in [5, 5.41) is 9.29. The van der Waals surface area contributed by atoms with E-state index in [2.05, 4.69) is 32.8 Å². The number of hydrogen-bond acceptors (Lipinski definition) is 3. The summed E-state index contributed by atoms with van der Waals surface area (Å²) in [5.74, 6) is 0.630. The van der Waals surface area contributed by atoms with Crippen molar-refractivity contribution in [2.45, 2.75) is 32.4 Å². The summed E-state index contributed by atoms with van der Waals surface area (Å²) in [4.78, 5) is 18.6. The predicted octanol–water partition coefficient (Wildman–Crippen LogP) is 0.952. The van der Waals surface area contributed by atoms with Crippen LogP contribution in [-0.4, -0.2) is 56.0 Å². The number of likely N-dealkylation sites (N-methyl/N-ethyl adjacent to an activating group) is 1. The summed E-state index contributed by atoms with van der Waals surface area (Å²) in [7, 11) is 1.73. The van der Waals surface area contributed by atoms with Gasteiger partial charge < -0.3 is 16.0 Å². The van der Waals surface area contributed by atoms with Crippen molar-refractivity contribution in [1.29, 1.82) is 0 Å². The lowest BCUT2D eigenvalue weighted by Gasteiger charge is -2.23. The van der Waals surface area contributed by atoms with Crippen molar-refractivity contribution >= 4 is 11.9 Å². The molecule has 1 aromatic rings. The molecular formula is C18H29N5O. The number of amides is 1. The van der Waals surface area contributed by atoms with Crippen LogP contribution in [0.15, 0.2) is 35.3 Å². The zero-order valence-electron chi connectivity index (χ0n) is 14.7. The molecule has 1 aromatic carbocycles. The Labute approximate surface area is 144 Å². The van der Waals surface area contributed by atoms with E-state index in [9.17, 15) is 4.79 Å². The Morgan fingerprint density at radius 3 is 2.75 bits per heavy atom. The number of rotatable bonds is 7. The molecule has 0 aliphatic carbocycles. The molecule has 1 saturated heterocycles. The van der Waals surface area contributed by atoms with E-state index in [4.69, 9.17) is 0 Å². The number of guanidine groups is 1. The Balaban J connectivity index is 1.66. The third-order valence-electron chi connectivity index (χ3n) is 4.38. The first-order valence-corrected chi connectivity index (χ1v) is 8.72. The molecule has 0 aromatic heterocycles. The Kier molecular flexibility index (Phi) is 7.55. The molecular weight excluding hydrogens is 302 g/mol. The summed E-state index contributed by atoms with van der Waals surface area (Å²) >= 11 is 0. The fraction of sp³-hybridized carbons (Fsp3) is 0.556. The Morgan fingerprint density at radius 1 is 1.25 bits per heavy atom. The van der Waals surface area contributed by atoms with Gasteiger partial charge in [0.2, 0.25) is 5.91 Å². The molecule has 1 heterocycles. The van der Waals surface area contributed by atoms with Crippen LogP contribution >= 0.6 is 0 Å². The Morgan fingerprint density at radius 2 is 2.04 bits per heavy atom. The Bertz CT molecular complexity index is 531. The largest absolute Gasteiger partial charge is 0.355 e. The zero-order chi connectivity index (χ0) is 17.2. The molecule has 24 heavy (non-hydrogen) atoms. The predicted molar refractivity (Wildman–Crippen MR) is 97.9 cm³/mol. The number of benzene rings is 1. The minimum Gasteiger partial charge on any atom is -0.355 e. The summed E-state index contributed by atoms with van der Waals surface area (Å²) in [5.41, 5.74) is 1.09. The lowest BCUT2D eigenvalue weighted by Crippen LogP contribution is -2.47. The van der Waals surface area contributed by atoms with E-state index in [1.165, 1.54) is 19.4 Å². The van der Waals surface area contributed by atoms with Gasteiger partial charge in [0.25, 0.3) is 0 Å². The van der Waals surface area contributed by atoms with Gasteiger partial charge in [-0.25, -0.2) is 0 Å². The lowest BCUT2D eigenvalue weighted by atomic mass is 10.2. The van der Waals surface area contributed by atoms with Crippen molar-refractivity contribution in [3.8, 4) is 0 Å². The van der Waals surface area contributed by atoms with Crippen molar-refractivity contribution in [3.05, 3.63) is 35.9 Å². The number of carbonyl (C=O) groups excluding carboxylic acids is 1. The lowest BCUT2D eigenvalue weighted by molar-refractivity contribution is -0.120. The number of nitrogens with one attached hydrogen (secondary N) is 3. The molecule has 6 nitrogen and oxygen atoms in total. The van der Waals surface area contributed by atoms with Crippen LogP contribution in [0.25, 0.3) is 0 Å². The molecule has 0 saturated carbocycles. The van der Waals surface area contributed by atoms with Crippen LogP contribution in [0.1, 0.15) is 25.3 Å². The van der Waals surface area contributed by atoms with Gasteiger partial charge in [0, 0.05) is 26.2 Å². The number of aliphatic imine (C=N–C) groups is 1. The topological polar surface area (TPSA) is 68.8 Å². The monoisotopic (exact) mass is 331 g/mol. The molecule has 1 atom stereocenters. The van der Waals surface area contributed by atoms with Crippen LogP contribution in [0.3, 0.4) is 0 Å². The highest BCUT2D eigenvalue weighted by Gasteiger charge is 2.22. The van der Waals surface area contributed by atoms with Crippen LogP contribution in [-0.2, 0) is 11.3 Å². The number of carbonyl (C=O) groups is 1. The van der Waals surface area contributed by atoms with Gasteiger partial charge in [-0.05, 0) is 31.5 Å². The van der Waals surface area contributed by atoms with E-state index >= 15 is 0 Å². The van der Waals surface area contributed by atoms with Crippen LogP contribution in [0, 0.1) is 0 Å². The second-order valence-corrected chi connectivity index (χ2v) is 5.99. The summed E-state index contributed by atoms with van der Waals surface area (Å²) in [6.45, 7) is 6.08. The third-order valence-corrected chi connectivity index (χ3v) is 4.38. The molecule has 1 amide bonds. The van der Waals surface area contributed by atoms with Gasteiger partial charge in [0.05, 0.1) is 6.54 Å². The second-order valence-electron chi connectivity index (χ2n) is 5.99. The zero-order valence-corrected chi connectivity index (χ0v) is 14.7. The number of hydrogen-bond donors (Lipinski definition) is 3. The average molecular weight is 331 g/mol. The quantitative estimate of drug-likeness (QED) is 0.514. The average Bonchev–Trinajstić information content (AvgIpc) is 3.08. The van der Waals surface area contributed by atoms with Crippen molar-refractivity contribution in [2.75, 3.05) is 33.2 Å². The van der Waals surface area contributed by atoms with Crippen molar-refractivity contribution in [2.24, 2.45) is 4.99 Å². The summed E-state index contributed by atoms with van der Waals surface area (Å²) in [6, 6.07) is 10.4. The highest BCUT2D eigenvalue weighted by Crippen LogP contribution is 2.15. The van der Waals surface area contributed by atoms with E-state index in [0.717, 1.165) is 18.7 Å². The maximum absolute atomic E-state index is 11.9. The van der Waals surface area contributed by atoms with Crippen LogP contribution in [0.5, 0.6) is 0 Å². The molecule has 0 spiro atoms. The molecule has 132 valence electrons. The fourth-order valence-electron chi connectivity index (χ4n) is 3.00. The van der Waals surface area contributed by atoms with Gasteiger partial charge in [0.15, 0.2) is 5.96 Å². The number of likely N-dealkylation sites (tertiary alicyclic amines) is 1. The number of nitrogens with zero attached hydrogens (tertiary/aromatic N) is 2. The molecule has 3 N–H and O–H groups in total. The molecule has 0 bridgehead atoms. The molecule has 1 fully saturated rings. The van der Waals surface area contributed by atoms with E-state index in [0.29, 0.717) is 18.5 Å². The van der Waals surface area contributed by atoms with Crippen molar-refractivity contribution in [3.63, 3.8) is 0 Å². The van der Waals surface area contributed by atoms with Crippen molar-refractivity contribution < 1.29 is 4.79 Å². The Hall–Kier alpha value is -2.08. The fourth-order valence-corrected chi connectivity index (χ4v) is 3.00. The molecule has 1 unspecified atom stereocenters. The molecule has 0 radical (unpaired) electrons. The first-order chi connectivity index (χ1) is 11.7. The van der Waals surface area contributed by atoms with Gasteiger partial charge in [-0.2, -0.15) is 0 Å². The van der Waals surface area contributed by atoms with Crippen LogP contribution < -0.4 is 16.0 Å². The first kappa shape index (κ1) is 18.3. The maximum Gasteiger partial charge on any atom is 0.239 e. The molecule has 1 aliphatic heterocycles. The smallest absolute Gasteiger partial charge is 0.239 e. The van der Waals surface area contributed by atoms with Gasteiger partial charge >= 0.3 is 0 Å². The molecule has 2 rings (SSSR count). The van der Waals surface area contributed by atoms with E-state index in [-0.39, 0.29) is 12.5 Å². The summed E-state index contributed by atoms with van der Waals surface area (Å²) in [6.07, 6.45) is 2.48. The van der Waals surface area contributed by atoms with Gasteiger partial charge in [-0.15, -0.1) is 0 Å². The maximum atomic E-state index is 11.9. The molecule has 6 heteroatoms. The summed E-state index contributed by atoms with van der Waals surface area (Å²) < 4.78 is 0. The molecule has 1 aliphatic rings. The third kappa shape index (κ3) is 5.85. The van der Waals surface area contributed by atoms with Crippen LogP contribution in [0.4, 0.5) is 0 Å². The highest BCUT2D eigenvalue weighted by atomic mass is 16.1. The SMILES string of the molecule is CCN1CCCC1CNC(=NC)NCC(=O)NCc1ccccc1. The standard InChI is InChI=1S/C18H29N5O/c1-3-23-11-7-10-16(23)13-21-18(19-2)22-14-17(24)20-12-15-8-5-4-6-9-15/h4-6,8-9,16H,3,7,10-14H2,1-2H3,(H,20,24)(H2,19,21,22). The van der Waals surface area contributed by atoms with Gasteiger partial charge in [-0.3, -0.25) is 14.7 Å². The normalized spacial score (nSPS) is 18.4. The van der Waals surface area contributed by atoms with E-state index in [1.807, 2.05) is 30.3 Å². The first-order valence-electron chi connectivity index (χ1n) is 8.72. The van der Waals surface area contributed by atoms with Gasteiger partial charge in [0.1, 0.15) is 0 Å². The van der Waals surface area contributed by atoms with E-state index < -0.39 is 0 Å². The van der Waals surface area contributed by atoms with Crippen molar-refractivity contribution in [1.82, 2.24) is 20.9 Å². The minimum absolute atomic E-state index is 0.0437. The second kappa shape index (κ2) is 9.93.